The molecule has 1 aromatic rings. The van der Waals surface area contributed by atoms with Gasteiger partial charge in [-0.15, -0.1) is 0 Å². The van der Waals surface area contributed by atoms with Crippen molar-refractivity contribution in [1.82, 2.24) is 0 Å². The number of Topliss-reactive ketones (excluding diaryl/α,β-unsaturated/α-hetero) is 1. The molecule has 0 unspecified atom stereocenters. The van der Waals surface area contributed by atoms with Crippen LogP contribution in [0, 0.1) is 0 Å². The average molecular weight is 218 g/mol. The third-order valence-corrected chi connectivity index (χ3v) is 2.84. The monoisotopic (exact) mass is 218 g/mol. The van der Waals surface area contributed by atoms with Crippen LogP contribution in [0.15, 0.2) is 18.2 Å². The second kappa shape index (κ2) is 4.08. The third kappa shape index (κ3) is 2.13. The molecular weight excluding hydrogens is 204 g/mol. The number of ether oxygens (including phenoxy) is 1. The molecule has 0 amide bonds. The van der Waals surface area contributed by atoms with Crippen LogP contribution in [0.5, 0.6) is 0 Å². The molecule has 0 saturated carbocycles. The summed E-state index contributed by atoms with van der Waals surface area (Å²) >= 11 is 0. The molecule has 0 bridgehead atoms. The summed E-state index contributed by atoms with van der Waals surface area (Å²) in [4.78, 5) is 22.1. The van der Waals surface area contributed by atoms with Crippen molar-refractivity contribution in [3.63, 3.8) is 0 Å². The molecule has 0 saturated heterocycles. The Labute approximate surface area is 94.4 Å². The van der Waals surface area contributed by atoms with Crippen molar-refractivity contribution in [2.24, 2.45) is 0 Å². The predicted octanol–water partition coefficient (Wildman–Crippen LogP) is 1.92. The summed E-state index contributed by atoms with van der Waals surface area (Å²) < 4.78 is 5.17. The first-order valence-electron chi connectivity index (χ1n) is 5.36. The zero-order valence-electron chi connectivity index (χ0n) is 9.45. The van der Waals surface area contributed by atoms with E-state index in [-0.39, 0.29) is 17.9 Å². The standard InChI is InChI=1S/C13H14O3/c1-8(14)10-3-4-11-6-13(16-9(2)15)7-12(11)5-10/h3-5,13H,6-7H2,1-2H3/t13-/m1/s1. The van der Waals surface area contributed by atoms with E-state index in [9.17, 15) is 9.59 Å². The molecule has 0 heterocycles. The van der Waals surface area contributed by atoms with Crippen LogP contribution in [0.4, 0.5) is 0 Å². The lowest BCUT2D eigenvalue weighted by Gasteiger charge is -2.08. The normalized spacial score (nSPS) is 18.0. The van der Waals surface area contributed by atoms with Gasteiger partial charge in [0.1, 0.15) is 6.10 Å². The first-order valence-corrected chi connectivity index (χ1v) is 5.36. The van der Waals surface area contributed by atoms with Crippen LogP contribution in [0.2, 0.25) is 0 Å². The number of benzene rings is 1. The minimum absolute atomic E-state index is 0.0605. The Kier molecular flexibility index (Phi) is 2.77. The zero-order chi connectivity index (χ0) is 11.7. The zero-order valence-corrected chi connectivity index (χ0v) is 9.45. The number of hydrogen-bond acceptors (Lipinski definition) is 3. The average Bonchev–Trinajstić information content (AvgIpc) is 2.56. The van der Waals surface area contributed by atoms with E-state index in [2.05, 4.69) is 0 Å². The van der Waals surface area contributed by atoms with Gasteiger partial charge >= 0.3 is 5.97 Å². The number of hydrogen-bond donors (Lipinski definition) is 0. The summed E-state index contributed by atoms with van der Waals surface area (Å²) in [5.74, 6) is -0.177. The molecule has 0 N–H and O–H groups in total. The van der Waals surface area contributed by atoms with Crippen LogP contribution >= 0.6 is 0 Å². The SMILES string of the molecule is CC(=O)O[C@@H]1Cc2ccc(C(C)=O)cc2C1. The van der Waals surface area contributed by atoms with Crippen LogP contribution in [0.3, 0.4) is 0 Å². The number of fused-ring (bicyclic) bond motifs is 1. The maximum absolute atomic E-state index is 11.2. The lowest BCUT2D eigenvalue weighted by Crippen LogP contribution is -2.15. The molecule has 3 heteroatoms. The van der Waals surface area contributed by atoms with Gasteiger partial charge < -0.3 is 4.74 Å². The van der Waals surface area contributed by atoms with Crippen molar-refractivity contribution in [2.75, 3.05) is 0 Å². The van der Waals surface area contributed by atoms with Crippen molar-refractivity contribution in [2.45, 2.75) is 32.8 Å². The van der Waals surface area contributed by atoms with E-state index in [0.29, 0.717) is 0 Å². The van der Waals surface area contributed by atoms with Crippen LogP contribution in [-0.2, 0) is 22.4 Å². The highest BCUT2D eigenvalue weighted by Crippen LogP contribution is 2.25. The quantitative estimate of drug-likeness (QED) is 0.562. The molecule has 0 aromatic heterocycles. The fourth-order valence-corrected chi connectivity index (χ4v) is 2.11. The summed E-state index contributed by atoms with van der Waals surface area (Å²) in [6, 6.07) is 5.69. The molecule has 0 aliphatic heterocycles. The first kappa shape index (κ1) is 10.9. The second-order valence-corrected chi connectivity index (χ2v) is 4.18. The number of rotatable bonds is 2. The smallest absolute Gasteiger partial charge is 0.302 e. The molecule has 1 aliphatic rings. The molecule has 2 rings (SSSR count). The maximum atomic E-state index is 11.2. The van der Waals surface area contributed by atoms with Crippen molar-refractivity contribution in [1.29, 1.82) is 0 Å². The third-order valence-electron chi connectivity index (χ3n) is 2.84. The van der Waals surface area contributed by atoms with E-state index >= 15 is 0 Å². The molecule has 0 fully saturated rings. The number of esters is 1. The van der Waals surface area contributed by atoms with Crippen LogP contribution in [-0.4, -0.2) is 17.9 Å². The van der Waals surface area contributed by atoms with Gasteiger partial charge in [0.25, 0.3) is 0 Å². The van der Waals surface area contributed by atoms with Crippen LogP contribution in [0.1, 0.15) is 35.3 Å². The molecule has 0 radical (unpaired) electrons. The topological polar surface area (TPSA) is 43.4 Å². The Morgan fingerprint density at radius 1 is 1.19 bits per heavy atom. The summed E-state index contributed by atoms with van der Waals surface area (Å²) in [5, 5.41) is 0. The molecule has 1 atom stereocenters. The Morgan fingerprint density at radius 2 is 1.88 bits per heavy atom. The molecular formula is C13H14O3. The Bertz CT molecular complexity index is 448. The first-order chi connectivity index (χ1) is 7.56. The Balaban J connectivity index is 2.18. The van der Waals surface area contributed by atoms with Crippen molar-refractivity contribution in [3.8, 4) is 0 Å². The van der Waals surface area contributed by atoms with Crippen LogP contribution in [0.25, 0.3) is 0 Å². The minimum atomic E-state index is -0.246. The van der Waals surface area contributed by atoms with Gasteiger partial charge in [-0.05, 0) is 24.1 Å². The lowest BCUT2D eigenvalue weighted by molar-refractivity contribution is -0.145. The number of ketones is 1. The fourth-order valence-electron chi connectivity index (χ4n) is 2.11. The Hall–Kier alpha value is -1.64. The molecule has 16 heavy (non-hydrogen) atoms. The van der Waals surface area contributed by atoms with E-state index in [1.54, 1.807) is 6.92 Å². The van der Waals surface area contributed by atoms with Crippen molar-refractivity contribution >= 4 is 11.8 Å². The van der Waals surface area contributed by atoms with Gasteiger partial charge in [0, 0.05) is 25.3 Å². The number of carbonyl (C=O) groups is 2. The van der Waals surface area contributed by atoms with E-state index in [4.69, 9.17) is 4.74 Å². The van der Waals surface area contributed by atoms with Crippen molar-refractivity contribution in [3.05, 3.63) is 34.9 Å². The lowest BCUT2D eigenvalue weighted by atomic mass is 10.0. The summed E-state index contributed by atoms with van der Waals surface area (Å²) in [6.45, 7) is 2.98. The number of carbonyl (C=O) groups excluding carboxylic acids is 2. The summed E-state index contributed by atoms with van der Waals surface area (Å²) in [7, 11) is 0. The highest BCUT2D eigenvalue weighted by atomic mass is 16.5. The van der Waals surface area contributed by atoms with Gasteiger partial charge in [0.15, 0.2) is 5.78 Å². The largest absolute Gasteiger partial charge is 0.462 e. The van der Waals surface area contributed by atoms with Gasteiger partial charge in [-0.25, -0.2) is 0 Å². The molecule has 84 valence electrons. The maximum Gasteiger partial charge on any atom is 0.302 e. The van der Waals surface area contributed by atoms with Gasteiger partial charge in [0.05, 0.1) is 0 Å². The van der Waals surface area contributed by atoms with Gasteiger partial charge in [0.2, 0.25) is 0 Å². The Morgan fingerprint density at radius 3 is 2.50 bits per heavy atom. The molecule has 1 aliphatic carbocycles. The van der Waals surface area contributed by atoms with E-state index < -0.39 is 0 Å². The predicted molar refractivity (Wildman–Crippen MR) is 59.4 cm³/mol. The molecule has 3 nitrogen and oxygen atoms in total. The van der Waals surface area contributed by atoms with Crippen molar-refractivity contribution < 1.29 is 14.3 Å². The van der Waals surface area contributed by atoms with E-state index in [1.807, 2.05) is 18.2 Å². The second-order valence-electron chi connectivity index (χ2n) is 4.18. The molecule has 1 aromatic carbocycles. The highest BCUT2D eigenvalue weighted by molar-refractivity contribution is 5.94. The fraction of sp³-hybridized carbons (Fsp3) is 0.385. The van der Waals surface area contributed by atoms with Gasteiger partial charge in [-0.1, -0.05) is 12.1 Å². The van der Waals surface area contributed by atoms with E-state index in [1.165, 1.54) is 12.5 Å². The summed E-state index contributed by atoms with van der Waals surface area (Å²) in [5.41, 5.74) is 3.03. The van der Waals surface area contributed by atoms with Gasteiger partial charge in [-0.2, -0.15) is 0 Å². The van der Waals surface area contributed by atoms with Crippen LogP contribution < -0.4 is 0 Å². The molecule has 0 spiro atoms. The summed E-state index contributed by atoms with van der Waals surface area (Å²) in [6.07, 6.45) is 1.41. The van der Waals surface area contributed by atoms with E-state index in [0.717, 1.165) is 24.0 Å². The van der Waals surface area contributed by atoms with Gasteiger partial charge in [-0.3, -0.25) is 9.59 Å². The minimum Gasteiger partial charge on any atom is -0.462 e. The highest BCUT2D eigenvalue weighted by Gasteiger charge is 2.24.